The van der Waals surface area contributed by atoms with E-state index in [1.807, 2.05) is 0 Å². The Morgan fingerprint density at radius 1 is 1.07 bits per heavy atom. The summed E-state index contributed by atoms with van der Waals surface area (Å²) in [4.78, 5) is 29.3. The van der Waals surface area contributed by atoms with E-state index in [1.165, 1.54) is 7.11 Å². The predicted octanol–water partition coefficient (Wildman–Crippen LogP) is 3.78. The maximum Gasteiger partial charge on any atom is 0.413 e. The van der Waals surface area contributed by atoms with Gasteiger partial charge in [-0.15, -0.1) is 0 Å². The Morgan fingerprint density at radius 2 is 1.75 bits per heavy atom. The Bertz CT molecular complexity index is 1490. The molecule has 0 bridgehead atoms. The van der Waals surface area contributed by atoms with Crippen molar-refractivity contribution in [2.24, 2.45) is 4.99 Å². The number of alkyl carbamates (subject to hydrolysis) is 1. The minimum atomic E-state index is -3.41. The van der Waals surface area contributed by atoms with E-state index in [4.69, 9.17) is 20.9 Å². The smallest absolute Gasteiger partial charge is 0.413 e. The number of sulfonamides is 1. The van der Waals surface area contributed by atoms with Crippen LogP contribution in [0.25, 0.3) is 11.3 Å². The second-order valence-electron chi connectivity index (χ2n) is 8.53. The van der Waals surface area contributed by atoms with Crippen molar-refractivity contribution in [3.05, 3.63) is 69.9 Å². The number of ether oxygens (including phenoxy) is 2. The average molecular weight is 592 g/mol. The molecule has 0 saturated carbocycles. The molecule has 3 N–H and O–H groups in total. The van der Waals surface area contributed by atoms with Crippen molar-refractivity contribution in [2.75, 3.05) is 20.0 Å². The molecule has 1 heterocycles. The number of rotatable bonds is 10. The Kier molecular flexibility index (Phi) is 10.6. The Morgan fingerprint density at radius 3 is 2.38 bits per heavy atom. The topological polar surface area (TPSA) is 161 Å². The molecule has 0 aliphatic rings. The van der Waals surface area contributed by atoms with Gasteiger partial charge >= 0.3 is 6.09 Å². The van der Waals surface area contributed by atoms with Crippen LogP contribution < -0.4 is 20.1 Å². The number of aliphatic imine (C=N–C) groups is 1. The molecule has 14 heteroatoms. The van der Waals surface area contributed by atoms with Crippen LogP contribution in [0.5, 0.6) is 5.75 Å². The number of guanidine groups is 1. The summed E-state index contributed by atoms with van der Waals surface area (Å²) in [7, 11) is -0.697. The maximum absolute atomic E-state index is 13.2. The van der Waals surface area contributed by atoms with Crippen LogP contribution in [0, 0.1) is 6.92 Å². The molecule has 0 spiro atoms. The first kappa shape index (κ1) is 30.6. The van der Waals surface area contributed by atoms with Gasteiger partial charge in [0.05, 0.1) is 20.0 Å². The van der Waals surface area contributed by atoms with E-state index in [-0.39, 0.29) is 41.8 Å². The fourth-order valence-electron chi connectivity index (χ4n) is 3.63. The molecule has 0 radical (unpaired) electrons. The first-order chi connectivity index (χ1) is 19.0. The van der Waals surface area contributed by atoms with Crippen molar-refractivity contribution < 1.29 is 32.0 Å². The summed E-state index contributed by atoms with van der Waals surface area (Å²) in [6.07, 6.45) is -0.363. The lowest BCUT2D eigenvalue weighted by molar-refractivity contribution is 0.100. The van der Waals surface area contributed by atoms with Gasteiger partial charge in [-0.2, -0.15) is 4.99 Å². The monoisotopic (exact) mass is 591 g/mol. The summed E-state index contributed by atoms with van der Waals surface area (Å²) in [6.45, 7) is 3.49. The zero-order valence-corrected chi connectivity index (χ0v) is 24.0. The van der Waals surface area contributed by atoms with E-state index in [9.17, 15) is 18.0 Å². The van der Waals surface area contributed by atoms with Gasteiger partial charge in [-0.25, -0.2) is 17.9 Å². The van der Waals surface area contributed by atoms with E-state index in [2.05, 4.69) is 30.2 Å². The van der Waals surface area contributed by atoms with Crippen molar-refractivity contribution in [2.45, 2.75) is 33.4 Å². The molecule has 0 unspecified atom stereocenters. The van der Waals surface area contributed by atoms with Crippen LogP contribution in [0.3, 0.4) is 0 Å². The molecule has 1 aromatic heterocycles. The number of hydrogen-bond donors (Lipinski definition) is 3. The number of carbonyl (C=O) groups is 2. The van der Waals surface area contributed by atoms with Crippen molar-refractivity contribution in [3.8, 4) is 17.0 Å². The largest absolute Gasteiger partial charge is 0.497 e. The summed E-state index contributed by atoms with van der Waals surface area (Å²) in [5.74, 6) is -0.0297. The number of hydrogen-bond acceptors (Lipinski definition) is 8. The second-order valence-corrected chi connectivity index (χ2v) is 10.9. The van der Waals surface area contributed by atoms with Crippen molar-refractivity contribution in [1.29, 1.82) is 0 Å². The standard InChI is InChI=1S/C26H30ClN5O7S/c1-5-10-40(35,36)29-15-18-11-17(12-20(27)13-18)14-28-25(31-26(34)38-4)30-24(33)22-16(2)39-32-23(22)19-6-8-21(37-3)9-7-19/h6-9,11-13,29H,5,10,14-15H2,1-4H3,(H2,28,30,31,33,34). The van der Waals surface area contributed by atoms with Crippen LogP contribution in [0.2, 0.25) is 5.02 Å². The highest BCUT2D eigenvalue weighted by Gasteiger charge is 2.23. The van der Waals surface area contributed by atoms with E-state index in [0.29, 0.717) is 33.9 Å². The molecule has 0 atom stereocenters. The molecular formula is C26H30ClN5O7S. The normalized spacial score (nSPS) is 11.7. The number of halogens is 1. The number of aromatic nitrogens is 1. The summed E-state index contributed by atoms with van der Waals surface area (Å²) in [5.41, 5.74) is 2.26. The van der Waals surface area contributed by atoms with E-state index < -0.39 is 22.0 Å². The number of nitrogens with zero attached hydrogens (tertiary/aromatic N) is 2. The van der Waals surface area contributed by atoms with Crippen molar-refractivity contribution >= 4 is 39.6 Å². The number of aryl methyl sites for hydroxylation is 1. The van der Waals surface area contributed by atoms with Crippen LogP contribution >= 0.6 is 11.6 Å². The molecule has 0 aliphatic carbocycles. The van der Waals surface area contributed by atoms with Gasteiger partial charge in [-0.3, -0.25) is 10.1 Å². The number of amides is 2. The molecule has 214 valence electrons. The highest BCUT2D eigenvalue weighted by Crippen LogP contribution is 2.27. The van der Waals surface area contributed by atoms with Gasteiger partial charge in [0.25, 0.3) is 5.91 Å². The van der Waals surface area contributed by atoms with Gasteiger partial charge in [-0.1, -0.05) is 29.7 Å². The first-order valence-electron chi connectivity index (χ1n) is 12.1. The van der Waals surface area contributed by atoms with Crippen LogP contribution in [-0.2, 0) is 27.8 Å². The van der Waals surface area contributed by atoms with Crippen LogP contribution in [0.15, 0.2) is 52.0 Å². The lowest BCUT2D eigenvalue weighted by Crippen LogP contribution is -2.41. The summed E-state index contributed by atoms with van der Waals surface area (Å²) in [5, 5.41) is 9.65. The molecule has 3 aromatic rings. The number of nitrogens with one attached hydrogen (secondary N) is 3. The number of benzene rings is 2. The van der Waals surface area contributed by atoms with Crippen molar-refractivity contribution in [3.63, 3.8) is 0 Å². The average Bonchev–Trinajstić information content (AvgIpc) is 3.31. The number of methoxy groups -OCH3 is 2. The Balaban J connectivity index is 1.83. The Hall–Kier alpha value is -3.94. The molecular weight excluding hydrogens is 562 g/mol. The fourth-order valence-corrected chi connectivity index (χ4v) is 4.98. The quantitative estimate of drug-likeness (QED) is 0.235. The third kappa shape index (κ3) is 8.53. The van der Waals surface area contributed by atoms with Crippen LogP contribution in [-0.4, -0.2) is 51.5 Å². The molecule has 2 amide bonds. The fraction of sp³-hybridized carbons (Fsp3) is 0.308. The summed E-state index contributed by atoms with van der Waals surface area (Å²) in [6, 6.07) is 11.9. The molecule has 0 saturated heterocycles. The molecule has 0 fully saturated rings. The minimum Gasteiger partial charge on any atom is -0.497 e. The molecule has 2 aromatic carbocycles. The third-order valence-electron chi connectivity index (χ3n) is 5.51. The van der Waals surface area contributed by atoms with Crippen molar-refractivity contribution in [1.82, 2.24) is 20.5 Å². The zero-order chi connectivity index (χ0) is 29.3. The lowest BCUT2D eigenvalue weighted by atomic mass is 10.1. The second kappa shape index (κ2) is 13.9. The highest BCUT2D eigenvalue weighted by atomic mass is 35.5. The highest BCUT2D eigenvalue weighted by molar-refractivity contribution is 7.89. The minimum absolute atomic E-state index is 0.0147. The number of carbonyl (C=O) groups excluding carboxylic acids is 2. The summed E-state index contributed by atoms with van der Waals surface area (Å²) >= 11 is 6.24. The van der Waals surface area contributed by atoms with Gasteiger partial charge in [0.1, 0.15) is 22.8 Å². The first-order valence-corrected chi connectivity index (χ1v) is 14.2. The molecule has 40 heavy (non-hydrogen) atoms. The van der Waals surface area contributed by atoms with Gasteiger partial charge in [-0.05, 0) is 60.9 Å². The Labute approximate surface area is 237 Å². The third-order valence-corrected chi connectivity index (χ3v) is 7.25. The zero-order valence-electron chi connectivity index (χ0n) is 22.4. The molecule has 0 aliphatic heterocycles. The van der Waals surface area contributed by atoms with Gasteiger partial charge in [0.15, 0.2) is 0 Å². The van der Waals surface area contributed by atoms with Gasteiger partial charge in [0.2, 0.25) is 16.0 Å². The van der Waals surface area contributed by atoms with Gasteiger partial charge in [0, 0.05) is 23.7 Å². The van der Waals surface area contributed by atoms with E-state index in [1.54, 1.807) is 63.4 Å². The van der Waals surface area contributed by atoms with Gasteiger partial charge < -0.3 is 19.3 Å². The van der Waals surface area contributed by atoms with Crippen LogP contribution in [0.1, 0.15) is 40.6 Å². The molecule has 12 nitrogen and oxygen atoms in total. The SMILES string of the molecule is CCCS(=O)(=O)NCc1cc(Cl)cc(CN/C(=N\C(=O)c2c(-c3ccc(OC)cc3)noc2C)NC(=O)OC)c1. The predicted molar refractivity (Wildman–Crippen MR) is 150 cm³/mol. The summed E-state index contributed by atoms with van der Waals surface area (Å²) < 4.78 is 41.6. The molecule has 3 rings (SSSR count). The van der Waals surface area contributed by atoms with Crippen LogP contribution in [0.4, 0.5) is 4.79 Å². The maximum atomic E-state index is 13.2. The lowest BCUT2D eigenvalue weighted by Gasteiger charge is -2.12. The van der Waals surface area contributed by atoms with E-state index >= 15 is 0 Å². The van der Waals surface area contributed by atoms with E-state index in [0.717, 1.165) is 0 Å².